The van der Waals surface area contributed by atoms with E-state index in [2.05, 4.69) is 17.2 Å². The number of hydrogen-bond acceptors (Lipinski definition) is 6. The summed E-state index contributed by atoms with van der Waals surface area (Å²) in [5.41, 5.74) is 23.4. The average Bonchev–Trinajstić information content (AvgIpc) is 2.98. The van der Waals surface area contributed by atoms with Gasteiger partial charge >= 0.3 is 0 Å². The molecule has 0 aliphatic carbocycles. The Morgan fingerprint density at radius 3 is 2.67 bits per heavy atom. The monoisotopic (exact) mass is 335 g/mol. The summed E-state index contributed by atoms with van der Waals surface area (Å²) in [7, 11) is 0. The lowest BCUT2D eigenvalue weighted by molar-refractivity contribution is -0.131. The van der Waals surface area contributed by atoms with Crippen molar-refractivity contribution in [2.24, 2.45) is 23.1 Å². The van der Waals surface area contributed by atoms with Crippen LogP contribution in [0, 0.1) is 5.92 Å². The smallest absolute Gasteiger partial charge is 0.266 e. The number of nitrogens with two attached hydrogens (primary N) is 4. The van der Waals surface area contributed by atoms with Crippen molar-refractivity contribution in [2.75, 3.05) is 25.4 Å². The van der Waals surface area contributed by atoms with Crippen LogP contribution in [-0.2, 0) is 9.59 Å². The molecule has 1 aliphatic heterocycles. The molecule has 2 unspecified atom stereocenters. The fourth-order valence-corrected chi connectivity index (χ4v) is 2.82. The number of primary amides is 1. The first-order valence-electron chi connectivity index (χ1n) is 7.82. The van der Waals surface area contributed by atoms with Crippen molar-refractivity contribution in [3.8, 4) is 0 Å². The molecular weight excluding hydrogens is 310 g/mol. The molecule has 2 heterocycles. The highest BCUT2D eigenvalue weighted by Gasteiger charge is 2.30. The van der Waals surface area contributed by atoms with Crippen LogP contribution in [0.2, 0.25) is 0 Å². The van der Waals surface area contributed by atoms with Crippen LogP contribution < -0.4 is 28.3 Å². The summed E-state index contributed by atoms with van der Waals surface area (Å²) in [5, 5.41) is 3.26. The lowest BCUT2D eigenvalue weighted by Gasteiger charge is -2.38. The lowest BCUT2D eigenvalue weighted by Crippen LogP contribution is -2.53. The first kappa shape index (κ1) is 17.7. The van der Waals surface area contributed by atoms with Gasteiger partial charge in [0, 0.05) is 30.9 Å². The van der Waals surface area contributed by atoms with Gasteiger partial charge in [0.05, 0.1) is 12.2 Å². The predicted octanol–water partition coefficient (Wildman–Crippen LogP) is -1.51. The number of carbonyl (C=O) groups excluding carboxylic acids is 2. The van der Waals surface area contributed by atoms with Crippen molar-refractivity contribution in [1.82, 2.24) is 15.2 Å². The van der Waals surface area contributed by atoms with Crippen LogP contribution in [0.15, 0.2) is 18.0 Å². The first-order valence-corrected chi connectivity index (χ1v) is 7.82. The third-order valence-electron chi connectivity index (χ3n) is 4.40. The molecule has 2 atom stereocenters. The van der Waals surface area contributed by atoms with Gasteiger partial charge in [-0.05, 0) is 18.4 Å². The van der Waals surface area contributed by atoms with Gasteiger partial charge in [-0.25, -0.2) is 0 Å². The zero-order chi connectivity index (χ0) is 17.9. The van der Waals surface area contributed by atoms with Crippen LogP contribution in [0.5, 0.6) is 0 Å². The van der Waals surface area contributed by atoms with Gasteiger partial charge in [0.25, 0.3) is 5.91 Å². The molecule has 10 N–H and O–H groups in total. The Kier molecular flexibility index (Phi) is 5.35. The molecule has 1 aromatic rings. The van der Waals surface area contributed by atoms with E-state index in [-0.39, 0.29) is 30.1 Å². The van der Waals surface area contributed by atoms with E-state index >= 15 is 0 Å². The van der Waals surface area contributed by atoms with Crippen LogP contribution in [0.4, 0.5) is 5.82 Å². The van der Waals surface area contributed by atoms with E-state index in [0.29, 0.717) is 30.2 Å². The molecule has 2 amide bonds. The van der Waals surface area contributed by atoms with E-state index in [1.165, 1.54) is 0 Å². The molecule has 0 spiro atoms. The van der Waals surface area contributed by atoms with Gasteiger partial charge in [-0.2, -0.15) is 0 Å². The van der Waals surface area contributed by atoms with Gasteiger partial charge in [0.2, 0.25) is 5.91 Å². The van der Waals surface area contributed by atoms with Crippen LogP contribution in [0.25, 0.3) is 5.70 Å². The lowest BCUT2D eigenvalue weighted by atomic mass is 9.92. The van der Waals surface area contributed by atoms with E-state index in [1.54, 1.807) is 17.2 Å². The number of piperidine rings is 1. The fourth-order valence-electron chi connectivity index (χ4n) is 2.82. The van der Waals surface area contributed by atoms with E-state index < -0.39 is 5.91 Å². The maximum absolute atomic E-state index is 11.9. The number of rotatable bonds is 5. The molecule has 0 bridgehead atoms. The Morgan fingerprint density at radius 2 is 2.12 bits per heavy atom. The highest BCUT2D eigenvalue weighted by Crippen LogP contribution is 2.24. The average molecular weight is 335 g/mol. The Hall–Kier alpha value is -2.68. The van der Waals surface area contributed by atoms with E-state index in [4.69, 9.17) is 22.9 Å². The zero-order valence-electron chi connectivity index (χ0n) is 13.7. The van der Waals surface area contributed by atoms with Gasteiger partial charge in [-0.15, -0.1) is 0 Å². The van der Waals surface area contributed by atoms with Crippen molar-refractivity contribution >= 4 is 23.3 Å². The van der Waals surface area contributed by atoms with Crippen LogP contribution in [0.3, 0.4) is 0 Å². The van der Waals surface area contributed by atoms with Crippen molar-refractivity contribution in [3.63, 3.8) is 0 Å². The first-order chi connectivity index (χ1) is 11.3. The quantitative estimate of drug-likeness (QED) is 0.357. The molecule has 1 saturated heterocycles. The highest BCUT2D eigenvalue weighted by molar-refractivity contribution is 5.99. The Morgan fingerprint density at radius 1 is 1.42 bits per heavy atom. The summed E-state index contributed by atoms with van der Waals surface area (Å²) in [4.78, 5) is 28.0. The number of aromatic amines is 1. The predicted molar refractivity (Wildman–Crippen MR) is 91.8 cm³/mol. The molecule has 1 aromatic heterocycles. The van der Waals surface area contributed by atoms with Gasteiger partial charge in [0.15, 0.2) is 0 Å². The molecular formula is C15H25N7O2. The molecule has 0 saturated carbocycles. The zero-order valence-corrected chi connectivity index (χ0v) is 13.7. The van der Waals surface area contributed by atoms with Crippen molar-refractivity contribution in [1.29, 1.82) is 0 Å². The third kappa shape index (κ3) is 3.62. The van der Waals surface area contributed by atoms with Gasteiger partial charge in [0.1, 0.15) is 11.5 Å². The minimum Gasteiger partial charge on any atom is -0.393 e. The summed E-state index contributed by atoms with van der Waals surface area (Å²) in [6.07, 6.45) is 2.46. The number of nitrogen functional groups attached to an aromatic ring is 1. The summed E-state index contributed by atoms with van der Waals surface area (Å²) < 4.78 is 0. The second-order valence-corrected chi connectivity index (χ2v) is 6.02. The molecule has 0 radical (unpaired) electrons. The number of nitrogens with one attached hydrogen (secondary N) is 2. The highest BCUT2D eigenvalue weighted by atomic mass is 16.2. The molecule has 9 nitrogen and oxygen atoms in total. The molecule has 0 aromatic carbocycles. The summed E-state index contributed by atoms with van der Waals surface area (Å²) in [6.45, 7) is 3.17. The number of likely N-dealkylation sites (tertiary alicyclic amines) is 1. The molecule has 2 rings (SSSR count). The topological polar surface area (TPSA) is 169 Å². The van der Waals surface area contributed by atoms with Gasteiger partial charge in [-0.1, -0.05) is 6.92 Å². The largest absolute Gasteiger partial charge is 0.393 e. The van der Waals surface area contributed by atoms with Crippen molar-refractivity contribution in [2.45, 2.75) is 19.4 Å². The van der Waals surface area contributed by atoms with Crippen LogP contribution in [-0.4, -0.2) is 47.4 Å². The second-order valence-electron chi connectivity index (χ2n) is 6.02. The van der Waals surface area contributed by atoms with E-state index in [9.17, 15) is 9.59 Å². The van der Waals surface area contributed by atoms with Crippen molar-refractivity contribution in [3.05, 3.63) is 23.5 Å². The summed E-state index contributed by atoms with van der Waals surface area (Å²) >= 11 is 0. The standard InChI is InChI=1S/C15H25N7O2/c1-8-3-5-22(11(23)6-16)7-10(8)21-13(12(17)15(19)24)9-2-4-20-14(9)18/h2,4,8,10,20-21H,3,5-7,16-18H2,1H3,(H2,19,24)/b13-12+. The Labute approximate surface area is 140 Å². The van der Waals surface area contributed by atoms with Crippen molar-refractivity contribution < 1.29 is 9.59 Å². The minimum absolute atomic E-state index is 0.0298. The molecule has 9 heteroatoms. The Bertz CT molecular complexity index is 652. The number of hydrogen-bond donors (Lipinski definition) is 6. The molecule has 132 valence electrons. The fraction of sp³-hybridized carbons (Fsp3) is 0.467. The molecule has 1 aliphatic rings. The summed E-state index contributed by atoms with van der Waals surface area (Å²) in [5.74, 6) is -0.206. The third-order valence-corrected chi connectivity index (χ3v) is 4.40. The Balaban J connectivity index is 2.29. The maximum atomic E-state index is 11.9. The minimum atomic E-state index is -0.739. The number of carbonyl (C=O) groups is 2. The maximum Gasteiger partial charge on any atom is 0.266 e. The van der Waals surface area contributed by atoms with Gasteiger partial charge in [-0.3, -0.25) is 9.59 Å². The van der Waals surface area contributed by atoms with Crippen LogP contribution >= 0.6 is 0 Å². The summed E-state index contributed by atoms with van der Waals surface area (Å²) in [6, 6.07) is 1.61. The molecule has 24 heavy (non-hydrogen) atoms. The number of H-pyrrole nitrogens is 1. The van der Waals surface area contributed by atoms with E-state index in [1.807, 2.05) is 0 Å². The SMILES string of the molecule is CC1CCN(C(=O)CN)CC1N/C(=C(/N)C(N)=O)c1cc[nH]c1N. The number of nitrogens with zero attached hydrogens (tertiary/aromatic N) is 1. The normalized spacial score (nSPS) is 22.0. The number of aromatic nitrogens is 1. The molecule has 1 fully saturated rings. The van der Waals surface area contributed by atoms with Crippen LogP contribution in [0.1, 0.15) is 18.9 Å². The number of anilines is 1. The van der Waals surface area contributed by atoms with Gasteiger partial charge < -0.3 is 38.1 Å². The second kappa shape index (κ2) is 7.26. The van der Waals surface area contributed by atoms with E-state index in [0.717, 1.165) is 6.42 Å². The number of amides is 2.